The van der Waals surface area contributed by atoms with E-state index < -0.39 is 12.2 Å². The first-order chi connectivity index (χ1) is 15.3. The molecule has 0 bridgehead atoms. The molecule has 2 N–H and O–H groups in total. The molecule has 1 aromatic carbocycles. The lowest BCUT2D eigenvalue weighted by atomic mass is 9.97. The maximum atomic E-state index is 10.4. The van der Waals surface area contributed by atoms with Gasteiger partial charge < -0.3 is 19.7 Å². The fourth-order valence-corrected chi connectivity index (χ4v) is 5.28. The molecular formula is C26H44N2O4. The Labute approximate surface area is 194 Å². The van der Waals surface area contributed by atoms with Gasteiger partial charge in [-0.3, -0.25) is 9.80 Å². The average Bonchev–Trinajstić information content (AvgIpc) is 2.77. The van der Waals surface area contributed by atoms with Crippen molar-refractivity contribution >= 4 is 0 Å². The molecule has 2 fully saturated rings. The van der Waals surface area contributed by atoms with E-state index in [4.69, 9.17) is 9.47 Å². The number of nitrogens with zero attached hydrogens (tertiary/aromatic N) is 2. The smallest absolute Gasteiger partial charge is 0.119 e. The highest BCUT2D eigenvalue weighted by Crippen LogP contribution is 2.24. The second kappa shape index (κ2) is 12.2. The zero-order valence-electron chi connectivity index (χ0n) is 20.4. The summed E-state index contributed by atoms with van der Waals surface area (Å²) < 4.78 is 11.6. The van der Waals surface area contributed by atoms with Crippen LogP contribution in [0.2, 0.25) is 0 Å². The van der Waals surface area contributed by atoms with Crippen LogP contribution in [0, 0.1) is 0 Å². The van der Waals surface area contributed by atoms with Gasteiger partial charge in [-0.25, -0.2) is 0 Å². The van der Waals surface area contributed by atoms with Crippen LogP contribution in [0.15, 0.2) is 24.3 Å². The van der Waals surface area contributed by atoms with Crippen molar-refractivity contribution in [1.29, 1.82) is 0 Å². The number of likely N-dealkylation sites (tertiary alicyclic amines) is 2. The summed E-state index contributed by atoms with van der Waals surface area (Å²) in [6, 6.07) is 9.49. The minimum atomic E-state index is -0.511. The summed E-state index contributed by atoms with van der Waals surface area (Å²) in [5, 5.41) is 20.9. The van der Waals surface area contributed by atoms with Crippen molar-refractivity contribution < 1.29 is 19.7 Å². The Morgan fingerprint density at radius 3 is 1.31 bits per heavy atom. The second-order valence-electron chi connectivity index (χ2n) is 10.1. The molecule has 2 saturated heterocycles. The predicted octanol–water partition coefficient (Wildman–Crippen LogP) is 3.69. The molecule has 182 valence electrons. The summed E-state index contributed by atoms with van der Waals surface area (Å²) in [5.41, 5.74) is 0. The number of rotatable bonds is 10. The van der Waals surface area contributed by atoms with Crippen molar-refractivity contribution in [2.45, 2.75) is 103 Å². The van der Waals surface area contributed by atoms with Gasteiger partial charge >= 0.3 is 0 Å². The first-order valence-electron chi connectivity index (χ1n) is 12.6. The first kappa shape index (κ1) is 25.3. The van der Waals surface area contributed by atoms with Crippen molar-refractivity contribution in [3.63, 3.8) is 0 Å². The normalized spacial score (nSPS) is 29.4. The van der Waals surface area contributed by atoms with Crippen LogP contribution in [0.1, 0.15) is 66.2 Å². The summed E-state index contributed by atoms with van der Waals surface area (Å²) in [6.07, 6.45) is 6.32. The number of aliphatic hydroxyl groups excluding tert-OH is 2. The minimum absolute atomic E-state index is 0.279. The van der Waals surface area contributed by atoms with E-state index in [0.29, 0.717) is 48.8 Å². The standard InChI is InChI=1S/C26H44N2O4/c1-19-7-5-8-20(2)27(19)15-23(29)17-31-25-11-13-26(14-12-25)32-18-24(30)16-28-21(3)9-6-10-22(28)4/h11-14,19-24,29-30H,5-10,15-18H2,1-4H3. The number of piperidine rings is 2. The second-order valence-corrected chi connectivity index (χ2v) is 10.1. The number of ether oxygens (including phenoxy) is 2. The van der Waals surface area contributed by atoms with Gasteiger partial charge in [-0.05, 0) is 77.6 Å². The molecule has 2 aliphatic heterocycles. The molecule has 6 heteroatoms. The van der Waals surface area contributed by atoms with Crippen molar-refractivity contribution in [2.75, 3.05) is 26.3 Å². The number of aliphatic hydroxyl groups is 2. The Morgan fingerprint density at radius 1 is 0.688 bits per heavy atom. The van der Waals surface area contributed by atoms with Gasteiger partial charge in [0, 0.05) is 37.3 Å². The molecular weight excluding hydrogens is 404 g/mol. The SMILES string of the molecule is CC1CCCC(C)N1CC(O)COc1ccc(OCC(O)CN2C(C)CCCC2C)cc1. The maximum Gasteiger partial charge on any atom is 0.119 e. The van der Waals surface area contributed by atoms with Gasteiger partial charge in [-0.1, -0.05) is 12.8 Å². The summed E-state index contributed by atoms with van der Waals surface area (Å²) in [4.78, 5) is 4.79. The van der Waals surface area contributed by atoms with Crippen LogP contribution in [0.4, 0.5) is 0 Å². The van der Waals surface area contributed by atoms with E-state index in [-0.39, 0.29) is 13.2 Å². The fraction of sp³-hybridized carbons (Fsp3) is 0.769. The highest BCUT2D eigenvalue weighted by atomic mass is 16.5. The molecule has 3 rings (SSSR count). The van der Waals surface area contributed by atoms with Gasteiger partial charge in [0.1, 0.15) is 36.9 Å². The lowest BCUT2D eigenvalue weighted by molar-refractivity contribution is 0.0202. The summed E-state index contributed by atoms with van der Waals surface area (Å²) in [7, 11) is 0. The van der Waals surface area contributed by atoms with E-state index in [2.05, 4.69) is 37.5 Å². The number of hydrogen-bond donors (Lipinski definition) is 2. The molecule has 2 aliphatic rings. The molecule has 0 aliphatic carbocycles. The molecule has 0 amide bonds. The van der Waals surface area contributed by atoms with Crippen LogP contribution in [-0.2, 0) is 0 Å². The first-order valence-corrected chi connectivity index (χ1v) is 12.6. The van der Waals surface area contributed by atoms with Crippen LogP contribution in [0.25, 0.3) is 0 Å². The highest BCUT2D eigenvalue weighted by Gasteiger charge is 2.27. The summed E-state index contributed by atoms with van der Waals surface area (Å²) >= 11 is 0. The predicted molar refractivity (Wildman–Crippen MR) is 128 cm³/mol. The van der Waals surface area contributed by atoms with Crippen molar-refractivity contribution in [1.82, 2.24) is 9.80 Å². The Morgan fingerprint density at radius 2 is 1.00 bits per heavy atom. The van der Waals surface area contributed by atoms with E-state index in [0.717, 1.165) is 0 Å². The zero-order chi connectivity index (χ0) is 23.1. The molecule has 0 saturated carbocycles. The Balaban J connectivity index is 1.38. The van der Waals surface area contributed by atoms with Crippen LogP contribution in [0.3, 0.4) is 0 Å². The van der Waals surface area contributed by atoms with Crippen LogP contribution in [0.5, 0.6) is 11.5 Å². The minimum Gasteiger partial charge on any atom is -0.491 e. The third-order valence-corrected chi connectivity index (χ3v) is 7.30. The third-order valence-electron chi connectivity index (χ3n) is 7.30. The van der Waals surface area contributed by atoms with E-state index in [1.54, 1.807) is 0 Å². The summed E-state index contributed by atoms with van der Waals surface area (Å²) in [5.74, 6) is 1.43. The van der Waals surface area contributed by atoms with Crippen LogP contribution < -0.4 is 9.47 Å². The largest absolute Gasteiger partial charge is 0.491 e. The van der Waals surface area contributed by atoms with Gasteiger partial charge in [0.25, 0.3) is 0 Å². The average molecular weight is 449 g/mol. The zero-order valence-corrected chi connectivity index (χ0v) is 20.4. The maximum absolute atomic E-state index is 10.4. The van der Waals surface area contributed by atoms with E-state index in [1.807, 2.05) is 24.3 Å². The van der Waals surface area contributed by atoms with Gasteiger partial charge in [0.05, 0.1) is 0 Å². The quantitative estimate of drug-likeness (QED) is 0.569. The van der Waals surface area contributed by atoms with Crippen molar-refractivity contribution in [3.8, 4) is 11.5 Å². The lowest BCUT2D eigenvalue weighted by Gasteiger charge is -2.40. The Kier molecular flexibility index (Phi) is 9.65. The third kappa shape index (κ3) is 7.34. The van der Waals surface area contributed by atoms with E-state index in [9.17, 15) is 10.2 Å². The van der Waals surface area contributed by atoms with Gasteiger partial charge in [0.15, 0.2) is 0 Å². The number of benzene rings is 1. The van der Waals surface area contributed by atoms with Crippen LogP contribution >= 0.6 is 0 Å². The fourth-order valence-electron chi connectivity index (χ4n) is 5.28. The molecule has 1 aromatic rings. The van der Waals surface area contributed by atoms with E-state index in [1.165, 1.54) is 38.5 Å². The number of β-amino-alcohol motifs (C(OH)–C–C–N with tert-alkyl or cyclic N) is 2. The molecule has 6 nitrogen and oxygen atoms in total. The highest BCUT2D eigenvalue weighted by molar-refractivity contribution is 5.31. The monoisotopic (exact) mass is 448 g/mol. The lowest BCUT2D eigenvalue weighted by Crippen LogP contribution is -2.48. The Hall–Kier alpha value is -1.34. The molecule has 6 unspecified atom stereocenters. The topological polar surface area (TPSA) is 65.4 Å². The molecule has 6 atom stereocenters. The number of hydrogen-bond acceptors (Lipinski definition) is 6. The molecule has 0 radical (unpaired) electrons. The summed E-state index contributed by atoms with van der Waals surface area (Å²) in [6.45, 7) is 10.8. The van der Waals surface area contributed by atoms with Crippen molar-refractivity contribution in [3.05, 3.63) is 24.3 Å². The molecule has 0 aromatic heterocycles. The molecule has 32 heavy (non-hydrogen) atoms. The molecule has 0 spiro atoms. The van der Waals surface area contributed by atoms with Gasteiger partial charge in [-0.2, -0.15) is 0 Å². The van der Waals surface area contributed by atoms with Crippen LogP contribution in [-0.4, -0.2) is 82.7 Å². The van der Waals surface area contributed by atoms with Crippen molar-refractivity contribution in [2.24, 2.45) is 0 Å². The Bertz CT molecular complexity index is 593. The van der Waals surface area contributed by atoms with Gasteiger partial charge in [-0.15, -0.1) is 0 Å². The van der Waals surface area contributed by atoms with Gasteiger partial charge in [0.2, 0.25) is 0 Å². The van der Waals surface area contributed by atoms with E-state index >= 15 is 0 Å². The molecule has 2 heterocycles.